The highest BCUT2D eigenvalue weighted by atomic mass is 35.5. The lowest BCUT2D eigenvalue weighted by molar-refractivity contribution is 0.0806. The second-order valence-corrected chi connectivity index (χ2v) is 6.02. The molecule has 1 aromatic rings. The molecule has 2 nitrogen and oxygen atoms in total. The monoisotopic (exact) mass is 352 g/mol. The van der Waals surface area contributed by atoms with Crippen molar-refractivity contribution in [3.63, 3.8) is 0 Å². The first-order chi connectivity index (χ1) is 9.68. The van der Waals surface area contributed by atoms with Gasteiger partial charge in [-0.15, -0.1) is 24.8 Å². The number of rotatable bonds is 3. The lowest BCUT2D eigenvalue weighted by Crippen LogP contribution is -2.48. The number of halogens is 4. The van der Waals surface area contributed by atoms with Crippen molar-refractivity contribution in [2.24, 2.45) is 5.92 Å². The zero-order valence-electron chi connectivity index (χ0n) is 12.8. The summed E-state index contributed by atoms with van der Waals surface area (Å²) in [6.45, 7) is 5.30. The Labute approximate surface area is 143 Å². The number of hydrogen-bond donors (Lipinski definition) is 1. The quantitative estimate of drug-likeness (QED) is 0.888. The summed E-state index contributed by atoms with van der Waals surface area (Å²) < 4.78 is 28.3. The highest BCUT2D eigenvalue weighted by Crippen LogP contribution is 2.42. The van der Waals surface area contributed by atoms with Gasteiger partial charge in [-0.3, -0.25) is 4.90 Å². The molecule has 2 aliphatic rings. The Morgan fingerprint density at radius 1 is 1.09 bits per heavy atom. The number of nitrogens with one attached hydrogen (secondary N) is 1. The minimum Gasteiger partial charge on any atom is -0.314 e. The van der Waals surface area contributed by atoms with Gasteiger partial charge in [0, 0.05) is 37.8 Å². The van der Waals surface area contributed by atoms with Crippen LogP contribution in [0.2, 0.25) is 0 Å². The minimum absolute atomic E-state index is 0. The second kappa shape index (κ2) is 8.44. The van der Waals surface area contributed by atoms with Crippen LogP contribution in [0.3, 0.4) is 0 Å². The van der Waals surface area contributed by atoms with E-state index in [2.05, 4.69) is 10.2 Å². The van der Waals surface area contributed by atoms with E-state index >= 15 is 0 Å². The first-order valence-corrected chi connectivity index (χ1v) is 7.57. The molecule has 1 saturated heterocycles. The highest BCUT2D eigenvalue weighted by Gasteiger charge is 2.35. The average Bonchev–Trinajstić information content (AvgIpc) is 2.42. The molecule has 126 valence electrons. The highest BCUT2D eigenvalue weighted by molar-refractivity contribution is 5.85. The number of hydrogen-bond acceptors (Lipinski definition) is 2. The third-order valence-corrected chi connectivity index (χ3v) is 4.77. The van der Waals surface area contributed by atoms with Crippen LogP contribution in [0.1, 0.15) is 36.4 Å². The zero-order valence-corrected chi connectivity index (χ0v) is 14.4. The number of benzene rings is 1. The number of aryl methyl sites for hydroxylation is 1. The van der Waals surface area contributed by atoms with Crippen LogP contribution in [-0.4, -0.2) is 31.1 Å². The topological polar surface area (TPSA) is 15.3 Å². The first-order valence-electron chi connectivity index (χ1n) is 7.57. The molecule has 2 fully saturated rings. The fourth-order valence-electron chi connectivity index (χ4n) is 3.35. The van der Waals surface area contributed by atoms with Gasteiger partial charge in [0.2, 0.25) is 0 Å². The fourth-order valence-corrected chi connectivity index (χ4v) is 3.35. The molecule has 22 heavy (non-hydrogen) atoms. The van der Waals surface area contributed by atoms with Crippen LogP contribution < -0.4 is 5.32 Å². The van der Waals surface area contributed by atoms with Crippen LogP contribution in [0.25, 0.3) is 0 Å². The molecule has 0 spiro atoms. The Morgan fingerprint density at radius 3 is 2.27 bits per heavy atom. The molecule has 0 radical (unpaired) electrons. The van der Waals surface area contributed by atoms with Gasteiger partial charge in [0.25, 0.3) is 0 Å². The minimum atomic E-state index is -0.679. The predicted molar refractivity (Wildman–Crippen MR) is 90.1 cm³/mol. The fraction of sp³-hybridized carbons (Fsp3) is 0.625. The van der Waals surface area contributed by atoms with Crippen molar-refractivity contribution >= 4 is 24.8 Å². The normalized spacial score (nSPS) is 20.5. The molecule has 0 unspecified atom stereocenters. The molecule has 1 N–H and O–H groups in total. The molecule has 0 aromatic heterocycles. The lowest BCUT2D eigenvalue weighted by atomic mass is 9.76. The van der Waals surface area contributed by atoms with Crippen LogP contribution in [0.5, 0.6) is 0 Å². The predicted octanol–water partition coefficient (Wildman–Crippen LogP) is 3.86. The van der Waals surface area contributed by atoms with Crippen molar-refractivity contribution in [2.75, 3.05) is 26.2 Å². The SMILES string of the molecule is Cc1ccc([C@H](C2CCC2)N2CCNCC2)c(F)c1F.Cl.Cl. The molecule has 1 atom stereocenters. The van der Waals surface area contributed by atoms with Crippen LogP contribution in [-0.2, 0) is 0 Å². The summed E-state index contributed by atoms with van der Waals surface area (Å²) in [7, 11) is 0. The molecule has 1 aliphatic heterocycles. The van der Waals surface area contributed by atoms with Crippen LogP contribution in [0.4, 0.5) is 8.78 Å². The average molecular weight is 353 g/mol. The van der Waals surface area contributed by atoms with Gasteiger partial charge >= 0.3 is 0 Å². The van der Waals surface area contributed by atoms with E-state index < -0.39 is 11.6 Å². The molecular formula is C16H24Cl2F2N2. The Kier molecular flexibility index (Phi) is 7.53. The van der Waals surface area contributed by atoms with Crippen molar-refractivity contribution < 1.29 is 8.78 Å². The summed E-state index contributed by atoms with van der Waals surface area (Å²) in [6, 6.07) is 3.54. The van der Waals surface area contributed by atoms with Gasteiger partial charge in [-0.05, 0) is 31.2 Å². The van der Waals surface area contributed by atoms with Crippen molar-refractivity contribution in [1.82, 2.24) is 10.2 Å². The van der Waals surface area contributed by atoms with Gasteiger partial charge in [0.1, 0.15) is 0 Å². The van der Waals surface area contributed by atoms with Gasteiger partial charge in [-0.1, -0.05) is 18.6 Å². The molecule has 1 heterocycles. The van der Waals surface area contributed by atoms with Gasteiger partial charge in [-0.2, -0.15) is 0 Å². The van der Waals surface area contributed by atoms with Crippen molar-refractivity contribution in [3.8, 4) is 0 Å². The Morgan fingerprint density at radius 2 is 1.73 bits per heavy atom. The Hall–Kier alpha value is -0.420. The summed E-state index contributed by atoms with van der Waals surface area (Å²) in [5, 5.41) is 3.32. The van der Waals surface area contributed by atoms with E-state index in [1.807, 2.05) is 0 Å². The van der Waals surface area contributed by atoms with Gasteiger partial charge in [-0.25, -0.2) is 8.78 Å². The number of piperazine rings is 1. The molecule has 1 saturated carbocycles. The van der Waals surface area contributed by atoms with Gasteiger partial charge < -0.3 is 5.32 Å². The van der Waals surface area contributed by atoms with Crippen LogP contribution in [0, 0.1) is 24.5 Å². The maximum Gasteiger partial charge on any atom is 0.163 e. The van der Waals surface area contributed by atoms with Crippen molar-refractivity contribution in [1.29, 1.82) is 0 Å². The van der Waals surface area contributed by atoms with E-state index in [0.717, 1.165) is 39.0 Å². The Bertz CT molecular complexity index is 489. The Balaban J connectivity index is 0.00000121. The third kappa shape index (κ3) is 3.73. The van der Waals surface area contributed by atoms with Crippen molar-refractivity contribution in [2.45, 2.75) is 32.2 Å². The van der Waals surface area contributed by atoms with E-state index in [4.69, 9.17) is 0 Å². The maximum atomic E-state index is 14.4. The lowest BCUT2D eigenvalue weighted by Gasteiger charge is -2.43. The summed E-state index contributed by atoms with van der Waals surface area (Å²) in [5.74, 6) is -0.841. The van der Waals surface area contributed by atoms with E-state index in [0.29, 0.717) is 17.0 Å². The van der Waals surface area contributed by atoms with E-state index in [1.54, 1.807) is 19.1 Å². The van der Waals surface area contributed by atoms with Crippen LogP contribution >= 0.6 is 24.8 Å². The number of nitrogens with zero attached hydrogens (tertiary/aromatic N) is 1. The zero-order chi connectivity index (χ0) is 14.1. The molecule has 6 heteroatoms. The summed E-state index contributed by atoms with van der Waals surface area (Å²) in [6.07, 6.45) is 3.47. The molecule has 0 bridgehead atoms. The molecule has 1 aromatic carbocycles. The standard InChI is InChI=1S/C16H22F2N2.2ClH/c1-11-5-6-13(15(18)14(11)17)16(12-3-2-4-12)20-9-7-19-8-10-20;;/h5-6,12,16,19H,2-4,7-10H2,1H3;2*1H/t16-;;/m0../s1. The smallest absolute Gasteiger partial charge is 0.163 e. The molecule has 1 aliphatic carbocycles. The summed E-state index contributed by atoms with van der Waals surface area (Å²) >= 11 is 0. The van der Waals surface area contributed by atoms with E-state index in [-0.39, 0.29) is 30.9 Å². The third-order valence-electron chi connectivity index (χ3n) is 4.77. The first kappa shape index (κ1) is 19.6. The second-order valence-electron chi connectivity index (χ2n) is 6.02. The van der Waals surface area contributed by atoms with Crippen LogP contribution in [0.15, 0.2) is 12.1 Å². The summed E-state index contributed by atoms with van der Waals surface area (Å²) in [4.78, 5) is 2.33. The molecular weight excluding hydrogens is 329 g/mol. The summed E-state index contributed by atoms with van der Waals surface area (Å²) in [5.41, 5.74) is 0.943. The molecule has 0 amide bonds. The van der Waals surface area contributed by atoms with Gasteiger partial charge in [0.15, 0.2) is 11.6 Å². The van der Waals surface area contributed by atoms with E-state index in [9.17, 15) is 8.78 Å². The maximum absolute atomic E-state index is 14.4. The van der Waals surface area contributed by atoms with E-state index in [1.165, 1.54) is 6.42 Å². The van der Waals surface area contributed by atoms with Gasteiger partial charge in [0.05, 0.1) is 0 Å². The largest absolute Gasteiger partial charge is 0.314 e. The van der Waals surface area contributed by atoms with Crippen molar-refractivity contribution in [3.05, 3.63) is 34.9 Å². The molecule has 3 rings (SSSR count).